The third-order valence-electron chi connectivity index (χ3n) is 7.95. The lowest BCUT2D eigenvalue weighted by Crippen LogP contribution is -2.51. The summed E-state index contributed by atoms with van der Waals surface area (Å²) >= 11 is 0. The fourth-order valence-corrected chi connectivity index (χ4v) is 6.08. The van der Waals surface area contributed by atoms with Crippen molar-refractivity contribution in [1.29, 1.82) is 0 Å². The van der Waals surface area contributed by atoms with Gasteiger partial charge in [0, 0.05) is 11.5 Å². The monoisotopic (exact) mass is 306 g/mol. The Labute approximate surface area is 133 Å². The molecule has 4 nitrogen and oxygen atoms in total. The maximum absolute atomic E-state index is 11.6. The van der Waals surface area contributed by atoms with E-state index in [1.165, 1.54) is 25.7 Å². The van der Waals surface area contributed by atoms with Crippen molar-refractivity contribution in [2.45, 2.75) is 75.9 Å². The highest BCUT2D eigenvalue weighted by Crippen LogP contribution is 2.64. The first-order chi connectivity index (χ1) is 10.4. The molecule has 4 saturated carbocycles. The average molecular weight is 306 g/mol. The molecule has 4 heteroatoms. The normalized spacial score (nSPS) is 51.7. The third kappa shape index (κ3) is 2.14. The molecule has 1 heterocycles. The van der Waals surface area contributed by atoms with Gasteiger partial charge in [-0.3, -0.25) is 4.79 Å². The molecule has 1 saturated heterocycles. The van der Waals surface area contributed by atoms with E-state index in [-0.39, 0.29) is 23.0 Å². The van der Waals surface area contributed by atoms with Crippen molar-refractivity contribution in [1.82, 2.24) is 5.32 Å². The molecule has 0 radical (unpaired) electrons. The molecular formula is C18H30N2O2. The van der Waals surface area contributed by atoms with Crippen LogP contribution in [0.25, 0.3) is 0 Å². The molecule has 22 heavy (non-hydrogen) atoms. The standard InChI is InChI=1S/C18H30N2O2/c1-12(16-3-6-17(22,7-4-16)8-5-16)14-11-18(14)10-13(15(19)21)2-9-20-18/h12-14,20,22H,2-11H2,1H3,(H2,19,21)/t12-,13?,14?,16?,17?,18?/m1/s1. The topological polar surface area (TPSA) is 75.4 Å². The van der Waals surface area contributed by atoms with Gasteiger partial charge in [-0.25, -0.2) is 0 Å². The molecule has 1 spiro atoms. The molecule has 4 aliphatic carbocycles. The number of hydrogen-bond acceptors (Lipinski definition) is 3. The molecule has 0 aromatic carbocycles. The zero-order chi connectivity index (χ0) is 15.6. The predicted octanol–water partition coefficient (Wildman–Crippen LogP) is 1.95. The Kier molecular flexibility index (Phi) is 3.19. The summed E-state index contributed by atoms with van der Waals surface area (Å²) in [4.78, 5) is 11.6. The molecular weight excluding hydrogens is 276 g/mol. The Morgan fingerprint density at radius 3 is 2.41 bits per heavy atom. The quantitative estimate of drug-likeness (QED) is 0.746. The molecule has 5 aliphatic rings. The van der Waals surface area contributed by atoms with Crippen molar-refractivity contribution in [3.8, 4) is 0 Å². The first-order valence-electron chi connectivity index (χ1n) is 9.15. The second-order valence-electron chi connectivity index (χ2n) is 8.86. The van der Waals surface area contributed by atoms with Crippen LogP contribution in [0, 0.1) is 23.2 Å². The van der Waals surface area contributed by atoms with Crippen LogP contribution >= 0.6 is 0 Å². The average Bonchev–Trinajstić information content (AvgIpc) is 3.20. The molecule has 5 fully saturated rings. The van der Waals surface area contributed by atoms with Crippen LogP contribution in [0.2, 0.25) is 0 Å². The van der Waals surface area contributed by atoms with Crippen molar-refractivity contribution in [3.05, 3.63) is 0 Å². The zero-order valence-electron chi connectivity index (χ0n) is 13.7. The first-order valence-corrected chi connectivity index (χ1v) is 9.15. The number of piperidine rings is 1. The second-order valence-corrected chi connectivity index (χ2v) is 8.86. The lowest BCUT2D eigenvalue weighted by atomic mass is 9.53. The summed E-state index contributed by atoms with van der Waals surface area (Å²) in [7, 11) is 0. The Bertz CT molecular complexity index is 467. The fraction of sp³-hybridized carbons (Fsp3) is 0.944. The fourth-order valence-electron chi connectivity index (χ4n) is 6.08. The van der Waals surface area contributed by atoms with Crippen LogP contribution in [0.1, 0.15) is 64.7 Å². The predicted molar refractivity (Wildman–Crippen MR) is 85.0 cm³/mol. The Balaban J connectivity index is 1.47. The van der Waals surface area contributed by atoms with Crippen molar-refractivity contribution in [3.63, 3.8) is 0 Å². The summed E-state index contributed by atoms with van der Waals surface area (Å²) in [5.41, 5.74) is 5.85. The Hall–Kier alpha value is -0.610. The van der Waals surface area contributed by atoms with Crippen LogP contribution in [0.3, 0.4) is 0 Å². The van der Waals surface area contributed by atoms with Gasteiger partial charge in [0.25, 0.3) is 0 Å². The molecule has 124 valence electrons. The van der Waals surface area contributed by atoms with Gasteiger partial charge >= 0.3 is 0 Å². The van der Waals surface area contributed by atoms with E-state index in [4.69, 9.17) is 5.73 Å². The molecule has 4 atom stereocenters. The maximum atomic E-state index is 11.6. The summed E-state index contributed by atoms with van der Waals surface area (Å²) < 4.78 is 0. The number of nitrogens with two attached hydrogens (primary N) is 1. The summed E-state index contributed by atoms with van der Waals surface area (Å²) in [6.45, 7) is 3.37. The van der Waals surface area contributed by atoms with E-state index in [2.05, 4.69) is 12.2 Å². The minimum atomic E-state index is -0.344. The number of rotatable bonds is 3. The van der Waals surface area contributed by atoms with Crippen LogP contribution in [-0.2, 0) is 4.79 Å². The minimum Gasteiger partial charge on any atom is -0.390 e. The smallest absolute Gasteiger partial charge is 0.220 e. The highest BCUT2D eigenvalue weighted by atomic mass is 16.3. The van der Waals surface area contributed by atoms with Crippen molar-refractivity contribution < 1.29 is 9.90 Å². The van der Waals surface area contributed by atoms with Crippen LogP contribution in [0.4, 0.5) is 0 Å². The first kappa shape index (κ1) is 14.9. The van der Waals surface area contributed by atoms with Gasteiger partial charge in [0.2, 0.25) is 5.91 Å². The van der Waals surface area contributed by atoms with Gasteiger partial charge in [0.05, 0.1) is 5.60 Å². The Morgan fingerprint density at radius 2 is 1.82 bits per heavy atom. The zero-order valence-corrected chi connectivity index (χ0v) is 13.7. The van der Waals surface area contributed by atoms with Crippen LogP contribution < -0.4 is 11.1 Å². The molecule has 3 unspecified atom stereocenters. The largest absolute Gasteiger partial charge is 0.390 e. The third-order valence-corrected chi connectivity index (χ3v) is 7.95. The van der Waals surface area contributed by atoms with E-state index < -0.39 is 0 Å². The van der Waals surface area contributed by atoms with Gasteiger partial charge in [0.1, 0.15) is 0 Å². The molecule has 2 bridgehead atoms. The summed E-state index contributed by atoms with van der Waals surface area (Å²) in [6.07, 6.45) is 9.61. The van der Waals surface area contributed by atoms with E-state index >= 15 is 0 Å². The molecule has 5 rings (SSSR count). The number of nitrogens with one attached hydrogen (secondary N) is 1. The number of primary amides is 1. The summed E-state index contributed by atoms with van der Waals surface area (Å²) in [5.74, 6) is 1.34. The second kappa shape index (κ2) is 4.70. The van der Waals surface area contributed by atoms with Crippen molar-refractivity contribution in [2.24, 2.45) is 28.9 Å². The molecule has 4 N–H and O–H groups in total. The highest BCUT2D eigenvalue weighted by Gasteiger charge is 2.63. The molecule has 1 aliphatic heterocycles. The number of hydrogen-bond donors (Lipinski definition) is 3. The number of carbonyl (C=O) groups excluding carboxylic acids is 1. The lowest BCUT2D eigenvalue weighted by molar-refractivity contribution is -0.123. The molecule has 0 aromatic heterocycles. The van der Waals surface area contributed by atoms with E-state index in [0.29, 0.717) is 17.3 Å². The van der Waals surface area contributed by atoms with Crippen LogP contribution in [-0.4, -0.2) is 28.7 Å². The van der Waals surface area contributed by atoms with Crippen LogP contribution in [0.5, 0.6) is 0 Å². The van der Waals surface area contributed by atoms with Gasteiger partial charge in [-0.15, -0.1) is 0 Å². The van der Waals surface area contributed by atoms with E-state index in [1.807, 2.05) is 0 Å². The lowest BCUT2D eigenvalue weighted by Gasteiger charge is -2.54. The number of amides is 1. The van der Waals surface area contributed by atoms with Gasteiger partial charge in [-0.1, -0.05) is 6.92 Å². The number of carbonyl (C=O) groups is 1. The van der Waals surface area contributed by atoms with Crippen molar-refractivity contribution >= 4 is 5.91 Å². The van der Waals surface area contributed by atoms with Gasteiger partial charge in [-0.2, -0.15) is 0 Å². The summed E-state index contributed by atoms with van der Waals surface area (Å²) in [5, 5.41) is 14.2. The van der Waals surface area contributed by atoms with E-state index in [9.17, 15) is 9.90 Å². The SMILES string of the molecule is C[C@H](C1CC12CC(C(N)=O)CCN2)C12CCC(O)(CC1)CC2. The minimum absolute atomic E-state index is 0.0683. The number of fused-ring (bicyclic) bond motifs is 3. The van der Waals surface area contributed by atoms with E-state index in [1.54, 1.807) is 0 Å². The van der Waals surface area contributed by atoms with Crippen molar-refractivity contribution in [2.75, 3.05) is 6.54 Å². The molecule has 0 aromatic rings. The van der Waals surface area contributed by atoms with Gasteiger partial charge in [0.15, 0.2) is 0 Å². The van der Waals surface area contributed by atoms with Gasteiger partial charge in [-0.05, 0) is 81.6 Å². The highest BCUT2D eigenvalue weighted by molar-refractivity contribution is 5.77. The Morgan fingerprint density at radius 1 is 1.18 bits per heavy atom. The van der Waals surface area contributed by atoms with E-state index in [0.717, 1.165) is 38.6 Å². The van der Waals surface area contributed by atoms with Crippen LogP contribution in [0.15, 0.2) is 0 Å². The summed E-state index contributed by atoms with van der Waals surface area (Å²) in [6, 6.07) is 0. The molecule has 1 amide bonds. The maximum Gasteiger partial charge on any atom is 0.220 e. The number of aliphatic hydroxyl groups is 1. The van der Waals surface area contributed by atoms with Gasteiger partial charge < -0.3 is 16.2 Å².